The van der Waals surface area contributed by atoms with Crippen LogP contribution in [-0.2, 0) is 9.84 Å². The second-order valence-electron chi connectivity index (χ2n) is 4.53. The summed E-state index contributed by atoms with van der Waals surface area (Å²) in [4.78, 5) is 2.20. The minimum atomic E-state index is -3.31. The highest BCUT2D eigenvalue weighted by atomic mass is 32.2. The second-order valence-corrected chi connectivity index (χ2v) is 6.64. The SMILES string of the molecule is CC(C)N(C)CCS(=O)(=O)c1cccc(C#N)c1. The molecule has 0 saturated carbocycles. The highest BCUT2D eigenvalue weighted by Gasteiger charge is 2.16. The first kappa shape index (κ1) is 14.7. The van der Waals surface area contributed by atoms with Crippen LogP contribution < -0.4 is 0 Å². The van der Waals surface area contributed by atoms with E-state index in [-0.39, 0.29) is 10.6 Å². The molecule has 0 aliphatic rings. The van der Waals surface area contributed by atoms with Crippen molar-refractivity contribution in [3.05, 3.63) is 29.8 Å². The lowest BCUT2D eigenvalue weighted by atomic mass is 10.2. The number of sulfone groups is 1. The average Bonchev–Trinajstić information content (AvgIpc) is 2.36. The Balaban J connectivity index is 2.84. The number of nitrogens with zero attached hydrogens (tertiary/aromatic N) is 2. The zero-order valence-corrected chi connectivity index (χ0v) is 11.7. The number of rotatable bonds is 5. The molecule has 98 valence electrons. The Hall–Kier alpha value is -1.38. The topological polar surface area (TPSA) is 61.2 Å². The van der Waals surface area contributed by atoms with Crippen molar-refractivity contribution in [2.45, 2.75) is 24.8 Å². The largest absolute Gasteiger partial charge is 0.303 e. The van der Waals surface area contributed by atoms with Gasteiger partial charge in [0, 0.05) is 12.6 Å². The molecule has 1 rings (SSSR count). The van der Waals surface area contributed by atoms with Crippen molar-refractivity contribution in [2.75, 3.05) is 19.3 Å². The van der Waals surface area contributed by atoms with Gasteiger partial charge >= 0.3 is 0 Å². The number of hydrogen-bond donors (Lipinski definition) is 0. The molecule has 0 N–H and O–H groups in total. The van der Waals surface area contributed by atoms with Gasteiger partial charge in [-0.1, -0.05) is 6.07 Å². The molecule has 1 aromatic carbocycles. The van der Waals surface area contributed by atoms with Gasteiger partial charge in [-0.3, -0.25) is 0 Å². The fraction of sp³-hybridized carbons (Fsp3) is 0.462. The summed E-state index contributed by atoms with van der Waals surface area (Å²) in [5.74, 6) is 0.0660. The summed E-state index contributed by atoms with van der Waals surface area (Å²) in [5.41, 5.74) is 0.369. The van der Waals surface area contributed by atoms with Crippen molar-refractivity contribution < 1.29 is 8.42 Å². The highest BCUT2D eigenvalue weighted by molar-refractivity contribution is 7.91. The molecule has 5 heteroatoms. The molecular weight excluding hydrogens is 248 g/mol. The van der Waals surface area contributed by atoms with E-state index in [0.29, 0.717) is 18.2 Å². The van der Waals surface area contributed by atoms with Crippen LogP contribution in [-0.4, -0.2) is 38.7 Å². The van der Waals surface area contributed by atoms with Crippen LogP contribution >= 0.6 is 0 Å². The van der Waals surface area contributed by atoms with Crippen molar-refractivity contribution >= 4 is 9.84 Å². The summed E-state index contributed by atoms with van der Waals surface area (Å²) in [6, 6.07) is 8.40. The summed E-state index contributed by atoms with van der Waals surface area (Å²) in [7, 11) is -1.42. The summed E-state index contributed by atoms with van der Waals surface area (Å²) in [5, 5.41) is 8.77. The first-order valence-electron chi connectivity index (χ1n) is 5.80. The molecule has 0 bridgehead atoms. The van der Waals surface area contributed by atoms with Crippen LogP contribution in [0, 0.1) is 11.3 Å². The third-order valence-corrected chi connectivity index (χ3v) is 4.61. The zero-order chi connectivity index (χ0) is 13.8. The van der Waals surface area contributed by atoms with Gasteiger partial charge in [0.1, 0.15) is 0 Å². The molecule has 4 nitrogen and oxygen atoms in total. The lowest BCUT2D eigenvalue weighted by Crippen LogP contribution is -2.31. The molecule has 0 heterocycles. The van der Waals surface area contributed by atoms with E-state index in [9.17, 15) is 8.42 Å². The van der Waals surface area contributed by atoms with E-state index in [4.69, 9.17) is 5.26 Å². The van der Waals surface area contributed by atoms with Crippen LogP contribution in [0.15, 0.2) is 29.2 Å². The van der Waals surface area contributed by atoms with E-state index >= 15 is 0 Å². The first-order valence-corrected chi connectivity index (χ1v) is 7.45. The monoisotopic (exact) mass is 266 g/mol. The molecular formula is C13H18N2O2S. The van der Waals surface area contributed by atoms with E-state index < -0.39 is 9.84 Å². The quantitative estimate of drug-likeness (QED) is 0.813. The van der Waals surface area contributed by atoms with Gasteiger partial charge in [0.05, 0.1) is 22.3 Å². The standard InChI is InChI=1S/C13H18N2O2S/c1-11(2)15(3)7-8-18(16,17)13-6-4-5-12(9-13)10-14/h4-6,9,11H,7-8H2,1-3H3. The minimum absolute atomic E-state index is 0.0660. The first-order chi connectivity index (χ1) is 8.36. The van der Waals surface area contributed by atoms with Gasteiger partial charge in [-0.25, -0.2) is 8.42 Å². The molecule has 0 aliphatic heterocycles. The van der Waals surface area contributed by atoms with Crippen LogP contribution in [0.3, 0.4) is 0 Å². The summed E-state index contributed by atoms with van der Waals surface area (Å²) >= 11 is 0. The lowest BCUT2D eigenvalue weighted by molar-refractivity contribution is 0.289. The smallest absolute Gasteiger partial charge is 0.179 e. The fourth-order valence-electron chi connectivity index (χ4n) is 1.40. The molecule has 0 aromatic heterocycles. The van der Waals surface area contributed by atoms with Crippen LogP contribution in [0.5, 0.6) is 0 Å². The summed E-state index contributed by atoms with van der Waals surface area (Å²) in [6.07, 6.45) is 0. The van der Waals surface area contributed by atoms with E-state index in [0.717, 1.165) is 0 Å². The average molecular weight is 266 g/mol. The maximum absolute atomic E-state index is 12.1. The molecule has 0 unspecified atom stereocenters. The molecule has 0 fully saturated rings. The Morgan fingerprint density at radius 1 is 1.39 bits per heavy atom. The van der Waals surface area contributed by atoms with Crippen LogP contribution in [0.25, 0.3) is 0 Å². The third kappa shape index (κ3) is 3.83. The second kappa shape index (κ2) is 5.98. The fourth-order valence-corrected chi connectivity index (χ4v) is 2.76. The zero-order valence-electron chi connectivity index (χ0n) is 10.9. The molecule has 0 atom stereocenters. The molecule has 0 radical (unpaired) electrons. The lowest BCUT2D eigenvalue weighted by Gasteiger charge is -2.20. The van der Waals surface area contributed by atoms with Crippen molar-refractivity contribution in [3.63, 3.8) is 0 Å². The van der Waals surface area contributed by atoms with Crippen molar-refractivity contribution in [1.29, 1.82) is 5.26 Å². The molecule has 0 spiro atoms. The predicted molar refractivity (Wildman–Crippen MR) is 71.0 cm³/mol. The summed E-state index contributed by atoms with van der Waals surface area (Å²) < 4.78 is 24.2. The van der Waals surface area contributed by atoms with Gasteiger partial charge in [-0.15, -0.1) is 0 Å². The van der Waals surface area contributed by atoms with Crippen molar-refractivity contribution in [2.24, 2.45) is 0 Å². The molecule has 1 aromatic rings. The van der Waals surface area contributed by atoms with E-state index in [1.807, 2.05) is 31.9 Å². The van der Waals surface area contributed by atoms with Gasteiger partial charge in [-0.2, -0.15) is 5.26 Å². The minimum Gasteiger partial charge on any atom is -0.303 e. The molecule has 18 heavy (non-hydrogen) atoms. The van der Waals surface area contributed by atoms with E-state index in [2.05, 4.69) is 0 Å². The Kier molecular flexibility index (Phi) is 4.88. The van der Waals surface area contributed by atoms with Crippen molar-refractivity contribution in [1.82, 2.24) is 4.90 Å². The van der Waals surface area contributed by atoms with Crippen molar-refractivity contribution in [3.8, 4) is 6.07 Å². The van der Waals surface area contributed by atoms with Crippen LogP contribution in [0.4, 0.5) is 0 Å². The van der Waals surface area contributed by atoms with E-state index in [1.165, 1.54) is 12.1 Å². The van der Waals surface area contributed by atoms with Gasteiger partial charge in [0.25, 0.3) is 0 Å². The Morgan fingerprint density at radius 2 is 2.06 bits per heavy atom. The number of benzene rings is 1. The highest BCUT2D eigenvalue weighted by Crippen LogP contribution is 2.13. The van der Waals surface area contributed by atoms with Crippen LogP contribution in [0.2, 0.25) is 0 Å². The normalized spacial score (nSPS) is 11.8. The molecule has 0 amide bonds. The number of nitriles is 1. The van der Waals surface area contributed by atoms with Gasteiger partial charge < -0.3 is 4.90 Å². The van der Waals surface area contributed by atoms with Gasteiger partial charge in [-0.05, 0) is 39.1 Å². The number of hydrogen-bond acceptors (Lipinski definition) is 4. The van der Waals surface area contributed by atoms with E-state index in [1.54, 1.807) is 12.1 Å². The predicted octanol–water partition coefficient (Wildman–Crippen LogP) is 1.67. The Bertz CT molecular complexity index is 544. The summed E-state index contributed by atoms with van der Waals surface area (Å²) in [6.45, 7) is 4.52. The van der Waals surface area contributed by atoms with Gasteiger partial charge in [0.2, 0.25) is 0 Å². The molecule has 0 aliphatic carbocycles. The Labute approximate surface area is 109 Å². The maximum atomic E-state index is 12.1. The molecule has 0 saturated heterocycles. The third-order valence-electron chi connectivity index (χ3n) is 2.92. The van der Waals surface area contributed by atoms with Gasteiger partial charge in [0.15, 0.2) is 9.84 Å². The maximum Gasteiger partial charge on any atom is 0.179 e. The van der Waals surface area contributed by atoms with Crippen LogP contribution in [0.1, 0.15) is 19.4 Å². The Morgan fingerprint density at radius 3 is 2.61 bits per heavy atom.